The summed E-state index contributed by atoms with van der Waals surface area (Å²) in [6.07, 6.45) is -3.87. The topological polar surface area (TPSA) is 76.5 Å². The van der Waals surface area contributed by atoms with E-state index in [4.69, 9.17) is 4.74 Å². The number of amides is 2. The third kappa shape index (κ3) is 4.64. The lowest BCUT2D eigenvalue weighted by Gasteiger charge is -2.30. The van der Waals surface area contributed by atoms with Crippen LogP contribution in [0.5, 0.6) is 0 Å². The maximum atomic E-state index is 12.6. The number of rotatable bonds is 2. The smallest absolute Gasteiger partial charge is 0.410 e. The van der Waals surface area contributed by atoms with Crippen molar-refractivity contribution in [2.75, 3.05) is 6.54 Å². The SMILES string of the molecule is CC(NC(=O)c1cnn2c1CN(C(=O)OC(C)(C)C)CC2)C(F)(F)F. The van der Waals surface area contributed by atoms with Crippen molar-refractivity contribution >= 4 is 12.0 Å². The van der Waals surface area contributed by atoms with Crippen molar-refractivity contribution in [1.29, 1.82) is 0 Å². The molecular formula is C15H21F3N4O3. The highest BCUT2D eigenvalue weighted by atomic mass is 19.4. The number of nitrogens with zero attached hydrogens (tertiary/aromatic N) is 3. The van der Waals surface area contributed by atoms with Crippen LogP contribution in [0.3, 0.4) is 0 Å². The van der Waals surface area contributed by atoms with Crippen LogP contribution in [-0.4, -0.2) is 51.0 Å². The fourth-order valence-electron chi connectivity index (χ4n) is 2.27. The summed E-state index contributed by atoms with van der Waals surface area (Å²) < 4.78 is 44.6. The van der Waals surface area contributed by atoms with Crippen molar-refractivity contribution in [2.24, 2.45) is 0 Å². The van der Waals surface area contributed by atoms with Gasteiger partial charge in [0, 0.05) is 6.54 Å². The van der Waals surface area contributed by atoms with Crippen LogP contribution in [-0.2, 0) is 17.8 Å². The molecule has 1 aliphatic rings. The molecule has 1 N–H and O–H groups in total. The molecule has 1 aromatic rings. The molecule has 1 aromatic heterocycles. The maximum Gasteiger partial charge on any atom is 0.410 e. The summed E-state index contributed by atoms with van der Waals surface area (Å²) in [5.41, 5.74) is -0.273. The highest BCUT2D eigenvalue weighted by molar-refractivity contribution is 5.95. The van der Waals surface area contributed by atoms with Crippen LogP contribution in [0.1, 0.15) is 43.7 Å². The molecule has 0 saturated heterocycles. The lowest BCUT2D eigenvalue weighted by Crippen LogP contribution is -2.44. The molecule has 0 spiro atoms. The zero-order valence-electron chi connectivity index (χ0n) is 14.5. The van der Waals surface area contributed by atoms with Gasteiger partial charge in [-0.3, -0.25) is 9.48 Å². The van der Waals surface area contributed by atoms with E-state index in [1.807, 2.05) is 5.32 Å². The Hall–Kier alpha value is -2.26. The molecular weight excluding hydrogens is 341 g/mol. The Morgan fingerprint density at radius 3 is 2.48 bits per heavy atom. The van der Waals surface area contributed by atoms with Crippen LogP contribution >= 0.6 is 0 Å². The molecule has 0 radical (unpaired) electrons. The molecule has 140 valence electrons. The lowest BCUT2D eigenvalue weighted by atomic mass is 10.1. The zero-order valence-corrected chi connectivity index (χ0v) is 14.5. The first kappa shape index (κ1) is 19.1. The number of aromatic nitrogens is 2. The van der Waals surface area contributed by atoms with Crippen LogP contribution in [0, 0.1) is 0 Å². The fourth-order valence-corrected chi connectivity index (χ4v) is 2.27. The molecule has 2 heterocycles. The second-order valence-corrected chi connectivity index (χ2v) is 6.87. The van der Waals surface area contributed by atoms with Crippen molar-refractivity contribution in [3.8, 4) is 0 Å². The summed E-state index contributed by atoms with van der Waals surface area (Å²) in [6, 6.07) is -1.99. The number of carbonyl (C=O) groups is 2. The molecule has 10 heteroatoms. The van der Waals surface area contributed by atoms with E-state index in [-0.39, 0.29) is 12.1 Å². The minimum atomic E-state index is -4.54. The Kier molecular flexibility index (Phi) is 5.01. The number of ether oxygens (including phenoxy) is 1. The Morgan fingerprint density at radius 1 is 1.28 bits per heavy atom. The summed E-state index contributed by atoms with van der Waals surface area (Å²) >= 11 is 0. The maximum absolute atomic E-state index is 12.6. The van der Waals surface area contributed by atoms with Crippen molar-refractivity contribution in [3.05, 3.63) is 17.5 Å². The predicted octanol–water partition coefficient (Wildman–Crippen LogP) is 2.31. The largest absolute Gasteiger partial charge is 0.444 e. The van der Waals surface area contributed by atoms with Crippen LogP contribution in [0.2, 0.25) is 0 Å². The Bertz CT molecular complexity index is 664. The van der Waals surface area contributed by atoms with Gasteiger partial charge in [0.05, 0.1) is 30.5 Å². The van der Waals surface area contributed by atoms with E-state index in [0.29, 0.717) is 18.8 Å². The van der Waals surface area contributed by atoms with Gasteiger partial charge in [0.2, 0.25) is 0 Å². The first-order valence-electron chi connectivity index (χ1n) is 7.78. The van der Waals surface area contributed by atoms with Gasteiger partial charge in [-0.05, 0) is 27.7 Å². The Morgan fingerprint density at radius 2 is 1.92 bits per heavy atom. The zero-order chi connectivity index (χ0) is 19.0. The van der Waals surface area contributed by atoms with Crippen LogP contribution in [0.15, 0.2) is 6.20 Å². The fraction of sp³-hybridized carbons (Fsp3) is 0.667. The van der Waals surface area contributed by atoms with Gasteiger partial charge in [0.1, 0.15) is 11.6 Å². The number of hydrogen-bond acceptors (Lipinski definition) is 4. The number of alkyl halides is 3. The molecule has 2 amide bonds. The number of halogens is 3. The van der Waals surface area contributed by atoms with E-state index >= 15 is 0 Å². The van der Waals surface area contributed by atoms with Gasteiger partial charge in [0.25, 0.3) is 5.91 Å². The monoisotopic (exact) mass is 362 g/mol. The molecule has 0 aliphatic carbocycles. The molecule has 1 unspecified atom stereocenters. The minimum Gasteiger partial charge on any atom is -0.444 e. The van der Waals surface area contributed by atoms with E-state index in [0.717, 1.165) is 6.92 Å². The van der Waals surface area contributed by atoms with Crippen LogP contribution in [0.25, 0.3) is 0 Å². The summed E-state index contributed by atoms with van der Waals surface area (Å²) in [5.74, 6) is -0.878. The predicted molar refractivity (Wildman–Crippen MR) is 81.9 cm³/mol. The van der Waals surface area contributed by atoms with Gasteiger partial charge in [-0.2, -0.15) is 18.3 Å². The van der Waals surface area contributed by atoms with Crippen molar-refractivity contribution in [1.82, 2.24) is 20.0 Å². The van der Waals surface area contributed by atoms with E-state index in [1.165, 1.54) is 15.8 Å². The third-order valence-corrected chi connectivity index (χ3v) is 3.61. The summed E-state index contributed by atoms with van der Waals surface area (Å²) in [7, 11) is 0. The quantitative estimate of drug-likeness (QED) is 0.876. The minimum absolute atomic E-state index is 0.0179. The van der Waals surface area contributed by atoms with Crippen molar-refractivity contribution < 1.29 is 27.5 Å². The molecule has 1 aliphatic heterocycles. The second kappa shape index (κ2) is 6.57. The molecule has 0 saturated carbocycles. The average molecular weight is 362 g/mol. The average Bonchev–Trinajstić information content (AvgIpc) is 2.87. The number of hydrogen-bond donors (Lipinski definition) is 1. The van der Waals surface area contributed by atoms with E-state index < -0.39 is 29.8 Å². The normalized spacial score (nSPS) is 16.2. The van der Waals surface area contributed by atoms with Gasteiger partial charge in [-0.15, -0.1) is 0 Å². The van der Waals surface area contributed by atoms with Gasteiger partial charge in [0.15, 0.2) is 0 Å². The van der Waals surface area contributed by atoms with Crippen LogP contribution < -0.4 is 5.32 Å². The molecule has 2 rings (SSSR count). The lowest BCUT2D eigenvalue weighted by molar-refractivity contribution is -0.149. The van der Waals surface area contributed by atoms with E-state index in [9.17, 15) is 22.8 Å². The Labute approximate surface area is 143 Å². The third-order valence-electron chi connectivity index (χ3n) is 3.61. The first-order valence-corrected chi connectivity index (χ1v) is 7.78. The van der Waals surface area contributed by atoms with Crippen molar-refractivity contribution in [2.45, 2.75) is 58.6 Å². The van der Waals surface area contributed by atoms with E-state index in [2.05, 4.69) is 5.10 Å². The molecule has 25 heavy (non-hydrogen) atoms. The number of carbonyl (C=O) groups excluding carboxylic acids is 2. The summed E-state index contributed by atoms with van der Waals surface area (Å²) in [4.78, 5) is 25.7. The van der Waals surface area contributed by atoms with E-state index in [1.54, 1.807) is 20.8 Å². The van der Waals surface area contributed by atoms with Gasteiger partial charge >= 0.3 is 12.3 Å². The summed E-state index contributed by atoms with van der Waals surface area (Å²) in [6.45, 7) is 6.77. The van der Waals surface area contributed by atoms with Crippen LogP contribution in [0.4, 0.5) is 18.0 Å². The standard InChI is InChI=1S/C15H21F3N4O3/c1-9(15(16,17)18)20-12(23)10-7-19-22-6-5-21(8-11(10)22)13(24)25-14(2,3)4/h7,9H,5-6,8H2,1-4H3,(H,20,23). The van der Waals surface area contributed by atoms with Gasteiger partial charge in [-0.1, -0.05) is 0 Å². The molecule has 1 atom stereocenters. The van der Waals surface area contributed by atoms with Crippen molar-refractivity contribution in [3.63, 3.8) is 0 Å². The first-order chi connectivity index (χ1) is 11.4. The highest BCUT2D eigenvalue weighted by Crippen LogP contribution is 2.22. The Balaban J connectivity index is 2.13. The molecule has 0 bridgehead atoms. The highest BCUT2D eigenvalue weighted by Gasteiger charge is 2.38. The molecule has 0 aromatic carbocycles. The van der Waals surface area contributed by atoms with Gasteiger partial charge in [-0.25, -0.2) is 4.79 Å². The summed E-state index contributed by atoms with van der Waals surface area (Å²) in [5, 5.41) is 5.91. The second-order valence-electron chi connectivity index (χ2n) is 6.87. The number of nitrogens with one attached hydrogen (secondary N) is 1. The molecule has 0 fully saturated rings. The van der Waals surface area contributed by atoms with Gasteiger partial charge < -0.3 is 15.0 Å². The number of fused-ring (bicyclic) bond motifs is 1. The molecule has 7 nitrogen and oxygen atoms in total.